The van der Waals surface area contributed by atoms with Crippen LogP contribution in [0.25, 0.3) is 0 Å². The number of likely N-dealkylation sites (tertiary alicyclic amines) is 1. The normalized spacial score (nSPS) is 25.1. The van der Waals surface area contributed by atoms with Crippen molar-refractivity contribution in [3.63, 3.8) is 0 Å². The Morgan fingerprint density at radius 1 is 1.17 bits per heavy atom. The molecule has 1 aliphatic heterocycles. The van der Waals surface area contributed by atoms with Gasteiger partial charge in [-0.15, -0.1) is 0 Å². The van der Waals surface area contributed by atoms with Crippen LogP contribution in [0.2, 0.25) is 0 Å². The molecule has 1 amide bonds. The summed E-state index contributed by atoms with van der Waals surface area (Å²) in [7, 11) is 0. The van der Waals surface area contributed by atoms with E-state index in [1.54, 1.807) is 0 Å². The van der Waals surface area contributed by atoms with Gasteiger partial charge in [-0.3, -0.25) is 4.79 Å². The summed E-state index contributed by atoms with van der Waals surface area (Å²) in [5.41, 5.74) is 6.51. The van der Waals surface area contributed by atoms with Crippen LogP contribution >= 0.6 is 0 Å². The summed E-state index contributed by atoms with van der Waals surface area (Å²) in [6, 6.07) is -0.268. The number of hydrogen-bond donors (Lipinski definition) is 1. The lowest BCUT2D eigenvalue weighted by Crippen LogP contribution is -2.49. The van der Waals surface area contributed by atoms with Gasteiger partial charge in [-0.05, 0) is 37.5 Å². The van der Waals surface area contributed by atoms with Gasteiger partial charge in [0.25, 0.3) is 0 Å². The average molecular weight is 252 g/mol. The molecule has 104 valence electrons. The first-order chi connectivity index (χ1) is 8.67. The Morgan fingerprint density at radius 3 is 2.33 bits per heavy atom. The van der Waals surface area contributed by atoms with Gasteiger partial charge in [0.2, 0.25) is 5.91 Å². The van der Waals surface area contributed by atoms with E-state index in [4.69, 9.17) is 5.73 Å². The Balaban J connectivity index is 1.84. The van der Waals surface area contributed by atoms with Gasteiger partial charge in [-0.2, -0.15) is 0 Å². The van der Waals surface area contributed by atoms with Gasteiger partial charge in [-0.25, -0.2) is 0 Å². The predicted molar refractivity (Wildman–Crippen MR) is 74.2 cm³/mol. The second kappa shape index (κ2) is 6.05. The van der Waals surface area contributed by atoms with Gasteiger partial charge in [0.05, 0.1) is 6.04 Å². The first kappa shape index (κ1) is 13.9. The van der Waals surface area contributed by atoms with E-state index in [9.17, 15) is 4.79 Å². The molecule has 0 aromatic carbocycles. The highest BCUT2D eigenvalue weighted by molar-refractivity contribution is 5.81. The molecule has 1 saturated heterocycles. The number of amides is 1. The van der Waals surface area contributed by atoms with Crippen LogP contribution < -0.4 is 5.73 Å². The fraction of sp³-hybridized carbons (Fsp3) is 0.933. The Labute approximate surface area is 111 Å². The van der Waals surface area contributed by atoms with E-state index in [1.165, 1.54) is 44.9 Å². The molecule has 2 fully saturated rings. The minimum atomic E-state index is -0.268. The van der Waals surface area contributed by atoms with Crippen LogP contribution in [-0.2, 0) is 4.79 Å². The van der Waals surface area contributed by atoms with Crippen LogP contribution in [0.15, 0.2) is 0 Å². The quantitative estimate of drug-likeness (QED) is 0.839. The Hall–Kier alpha value is -0.570. The van der Waals surface area contributed by atoms with Crippen molar-refractivity contribution >= 4 is 5.91 Å². The third-order valence-corrected chi connectivity index (χ3v) is 4.97. The SMILES string of the molecule is CCCC(N)C(=O)N1CCC2(CCCCC2)CC1. The number of nitrogens with zero attached hydrogens (tertiary/aromatic N) is 1. The lowest BCUT2D eigenvalue weighted by molar-refractivity contribution is -0.135. The van der Waals surface area contributed by atoms with E-state index in [0.717, 1.165) is 25.9 Å². The van der Waals surface area contributed by atoms with E-state index in [1.807, 2.05) is 4.90 Å². The van der Waals surface area contributed by atoms with Gasteiger partial charge >= 0.3 is 0 Å². The number of piperidine rings is 1. The van der Waals surface area contributed by atoms with Crippen LogP contribution in [0, 0.1) is 5.41 Å². The molecule has 3 heteroatoms. The van der Waals surface area contributed by atoms with Crippen molar-refractivity contribution in [3.05, 3.63) is 0 Å². The maximum Gasteiger partial charge on any atom is 0.239 e. The van der Waals surface area contributed by atoms with Crippen LogP contribution in [0.1, 0.15) is 64.7 Å². The van der Waals surface area contributed by atoms with Gasteiger partial charge < -0.3 is 10.6 Å². The molecule has 1 aliphatic carbocycles. The summed E-state index contributed by atoms with van der Waals surface area (Å²) in [5.74, 6) is 0.183. The Kier molecular flexibility index (Phi) is 4.66. The summed E-state index contributed by atoms with van der Waals surface area (Å²) in [6.07, 6.45) is 11.2. The average Bonchev–Trinajstić information content (AvgIpc) is 2.40. The zero-order valence-electron chi connectivity index (χ0n) is 11.8. The molecule has 1 unspecified atom stereocenters. The van der Waals surface area contributed by atoms with Crippen LogP contribution in [0.3, 0.4) is 0 Å². The highest BCUT2D eigenvalue weighted by Gasteiger charge is 2.37. The van der Waals surface area contributed by atoms with Crippen molar-refractivity contribution in [2.45, 2.75) is 70.8 Å². The number of hydrogen-bond acceptors (Lipinski definition) is 2. The van der Waals surface area contributed by atoms with Crippen molar-refractivity contribution in [2.75, 3.05) is 13.1 Å². The summed E-state index contributed by atoms with van der Waals surface area (Å²) in [5, 5.41) is 0. The monoisotopic (exact) mass is 252 g/mol. The molecule has 0 bridgehead atoms. The van der Waals surface area contributed by atoms with Crippen molar-refractivity contribution in [1.29, 1.82) is 0 Å². The Morgan fingerprint density at radius 2 is 1.78 bits per heavy atom. The fourth-order valence-electron chi connectivity index (χ4n) is 3.67. The van der Waals surface area contributed by atoms with Crippen LogP contribution in [0.5, 0.6) is 0 Å². The highest BCUT2D eigenvalue weighted by Crippen LogP contribution is 2.44. The molecule has 1 saturated carbocycles. The topological polar surface area (TPSA) is 46.3 Å². The standard InChI is InChI=1S/C15H28N2O/c1-2-6-13(16)14(18)17-11-9-15(10-12-17)7-4-3-5-8-15/h13H,2-12,16H2,1H3. The fourth-order valence-corrected chi connectivity index (χ4v) is 3.67. The molecule has 0 aromatic rings. The zero-order chi connectivity index (χ0) is 13.0. The van der Waals surface area contributed by atoms with Crippen molar-refractivity contribution in [2.24, 2.45) is 11.1 Å². The largest absolute Gasteiger partial charge is 0.341 e. The minimum Gasteiger partial charge on any atom is -0.341 e. The van der Waals surface area contributed by atoms with Gasteiger partial charge in [0.15, 0.2) is 0 Å². The number of carbonyl (C=O) groups excluding carboxylic acids is 1. The molecule has 2 aliphatic rings. The lowest BCUT2D eigenvalue weighted by atomic mass is 9.68. The predicted octanol–water partition coefficient (Wildman–Crippen LogP) is 2.69. The first-order valence-electron chi connectivity index (χ1n) is 7.71. The molecule has 0 radical (unpaired) electrons. The zero-order valence-corrected chi connectivity index (χ0v) is 11.8. The van der Waals surface area contributed by atoms with E-state index in [0.29, 0.717) is 5.41 Å². The smallest absolute Gasteiger partial charge is 0.239 e. The van der Waals surface area contributed by atoms with E-state index >= 15 is 0 Å². The molecule has 1 spiro atoms. The minimum absolute atomic E-state index is 0.183. The third kappa shape index (κ3) is 3.05. The molecule has 2 rings (SSSR count). The summed E-state index contributed by atoms with van der Waals surface area (Å²) < 4.78 is 0. The molecule has 18 heavy (non-hydrogen) atoms. The van der Waals surface area contributed by atoms with Gasteiger partial charge in [0, 0.05) is 13.1 Å². The molecular weight excluding hydrogens is 224 g/mol. The van der Waals surface area contributed by atoms with Crippen LogP contribution in [0.4, 0.5) is 0 Å². The maximum absolute atomic E-state index is 12.2. The van der Waals surface area contributed by atoms with Crippen molar-refractivity contribution < 1.29 is 4.79 Å². The molecule has 3 nitrogen and oxygen atoms in total. The molecule has 1 atom stereocenters. The van der Waals surface area contributed by atoms with E-state index in [2.05, 4.69) is 6.92 Å². The summed E-state index contributed by atoms with van der Waals surface area (Å²) in [4.78, 5) is 14.2. The van der Waals surface area contributed by atoms with Gasteiger partial charge in [0.1, 0.15) is 0 Å². The second-order valence-corrected chi connectivity index (χ2v) is 6.28. The molecule has 1 heterocycles. The number of nitrogens with two attached hydrogens (primary N) is 1. The molecular formula is C15H28N2O. The lowest BCUT2D eigenvalue weighted by Gasteiger charge is -2.44. The Bertz CT molecular complexity index is 274. The van der Waals surface area contributed by atoms with Crippen LogP contribution in [-0.4, -0.2) is 29.9 Å². The second-order valence-electron chi connectivity index (χ2n) is 6.28. The molecule has 2 N–H and O–H groups in total. The van der Waals surface area contributed by atoms with E-state index in [-0.39, 0.29) is 11.9 Å². The first-order valence-corrected chi connectivity index (χ1v) is 7.71. The maximum atomic E-state index is 12.2. The van der Waals surface area contributed by atoms with E-state index < -0.39 is 0 Å². The highest BCUT2D eigenvalue weighted by atomic mass is 16.2. The number of carbonyl (C=O) groups is 1. The van der Waals surface area contributed by atoms with Crippen molar-refractivity contribution in [3.8, 4) is 0 Å². The summed E-state index contributed by atoms with van der Waals surface area (Å²) >= 11 is 0. The number of rotatable bonds is 3. The summed E-state index contributed by atoms with van der Waals surface area (Å²) in [6.45, 7) is 3.97. The third-order valence-electron chi connectivity index (χ3n) is 4.97. The van der Waals surface area contributed by atoms with Gasteiger partial charge in [-0.1, -0.05) is 32.6 Å². The molecule has 0 aromatic heterocycles. The van der Waals surface area contributed by atoms with Crippen molar-refractivity contribution in [1.82, 2.24) is 4.90 Å².